The van der Waals surface area contributed by atoms with Crippen LogP contribution in [-0.2, 0) is 0 Å². The van der Waals surface area contributed by atoms with Gasteiger partial charge in [-0.15, -0.1) is 30.6 Å². The van der Waals surface area contributed by atoms with Gasteiger partial charge in [0.15, 0.2) is 0 Å². The highest BCUT2D eigenvalue weighted by Crippen LogP contribution is 2.08. The molecule has 0 atom stereocenters. The fourth-order valence-electron chi connectivity index (χ4n) is 1.62. The van der Waals surface area contributed by atoms with E-state index in [-0.39, 0.29) is 17.8 Å². The molecule has 0 spiro atoms. The van der Waals surface area contributed by atoms with Gasteiger partial charge in [-0.1, -0.05) is 0 Å². The number of nitrogen functional groups attached to an aromatic ring is 1. The molecule has 0 aliphatic rings. The van der Waals surface area contributed by atoms with Gasteiger partial charge in [0.05, 0.1) is 5.69 Å². The molecule has 0 aliphatic carbocycles. The number of rotatable bonds is 3. The lowest BCUT2D eigenvalue weighted by molar-refractivity contribution is 0.712. The third kappa shape index (κ3) is 2.11. The van der Waals surface area contributed by atoms with Crippen molar-refractivity contribution in [3.63, 3.8) is 0 Å². The van der Waals surface area contributed by atoms with Crippen LogP contribution in [0.15, 0.2) is 12.4 Å². The van der Waals surface area contributed by atoms with Gasteiger partial charge in [0.1, 0.15) is 6.33 Å². The van der Waals surface area contributed by atoms with Crippen LogP contribution in [0, 0.1) is 13.8 Å². The second kappa shape index (κ2) is 4.53. The maximum Gasteiger partial charge on any atom is 0.289 e. The predicted octanol–water partition coefficient (Wildman–Crippen LogP) is -0.882. The van der Waals surface area contributed by atoms with Crippen LogP contribution in [-0.4, -0.2) is 45.0 Å². The molecule has 0 bridgehead atoms. The number of anilines is 2. The number of nitrogens with one attached hydrogen (secondary N) is 1. The molecule has 0 aromatic carbocycles. The van der Waals surface area contributed by atoms with Gasteiger partial charge in [-0.25, -0.2) is 9.36 Å². The maximum absolute atomic E-state index is 5.55. The average Bonchev–Trinajstić information content (AvgIpc) is 2.97. The summed E-state index contributed by atoms with van der Waals surface area (Å²) in [4.78, 5) is 0. The Labute approximate surface area is 112 Å². The first kappa shape index (κ1) is 12.0. The van der Waals surface area contributed by atoms with Crippen molar-refractivity contribution >= 4 is 11.9 Å². The van der Waals surface area contributed by atoms with Gasteiger partial charge in [-0.2, -0.15) is 5.10 Å². The largest absolute Gasteiger partial charge is 0.335 e. The van der Waals surface area contributed by atoms with Gasteiger partial charge in [-0.3, -0.25) is 5.32 Å². The Balaban J connectivity index is 1.85. The van der Waals surface area contributed by atoms with Crippen LogP contribution in [0.25, 0.3) is 5.95 Å². The Morgan fingerprint density at radius 1 is 1.10 bits per heavy atom. The van der Waals surface area contributed by atoms with Crippen molar-refractivity contribution in [2.24, 2.45) is 0 Å². The van der Waals surface area contributed by atoms with Crippen LogP contribution in [0.5, 0.6) is 0 Å². The topological polar surface area (TPSA) is 138 Å². The van der Waals surface area contributed by atoms with Gasteiger partial charge in [0, 0.05) is 5.69 Å². The summed E-state index contributed by atoms with van der Waals surface area (Å²) in [5.41, 5.74) is 1.76. The predicted molar refractivity (Wildman–Crippen MR) is 67.7 cm³/mol. The third-order valence-corrected chi connectivity index (χ3v) is 2.46. The summed E-state index contributed by atoms with van der Waals surface area (Å²) in [5, 5.41) is 30.0. The lowest BCUT2D eigenvalue weighted by Crippen LogP contribution is -2.14. The van der Waals surface area contributed by atoms with E-state index in [9.17, 15) is 0 Å². The quantitative estimate of drug-likeness (QED) is 0.582. The lowest BCUT2D eigenvalue weighted by Gasteiger charge is -2.03. The summed E-state index contributed by atoms with van der Waals surface area (Å²) in [6.45, 7) is 3.78. The third-order valence-electron chi connectivity index (χ3n) is 2.46. The van der Waals surface area contributed by atoms with Crippen molar-refractivity contribution in [2.75, 3.05) is 11.2 Å². The Morgan fingerprint density at radius 2 is 1.85 bits per heavy atom. The summed E-state index contributed by atoms with van der Waals surface area (Å²) in [7, 11) is 0. The molecule has 3 aromatic heterocycles. The molecular weight excluding hydrogens is 262 g/mol. The Hall–Kier alpha value is -3.11. The Bertz CT molecular complexity index is 725. The fraction of sp³-hybridized carbons (Fsp3) is 0.222. The summed E-state index contributed by atoms with van der Waals surface area (Å²) in [6, 6.07) is 1.91. The highest BCUT2D eigenvalue weighted by molar-refractivity contribution is 5.40. The second-order valence-corrected chi connectivity index (χ2v) is 4.05. The molecule has 0 unspecified atom stereocenters. The van der Waals surface area contributed by atoms with Crippen molar-refractivity contribution in [3.8, 4) is 5.95 Å². The molecule has 0 fully saturated rings. The molecular formula is C9H11N11. The van der Waals surface area contributed by atoms with Gasteiger partial charge >= 0.3 is 0 Å². The zero-order valence-electron chi connectivity index (χ0n) is 10.8. The Kier molecular flexibility index (Phi) is 2.71. The van der Waals surface area contributed by atoms with Crippen molar-refractivity contribution < 1.29 is 0 Å². The van der Waals surface area contributed by atoms with Gasteiger partial charge in [0.25, 0.3) is 11.9 Å². The molecule has 0 radical (unpaired) electrons. The Morgan fingerprint density at radius 3 is 2.40 bits per heavy atom. The van der Waals surface area contributed by atoms with E-state index in [4.69, 9.17) is 5.84 Å². The van der Waals surface area contributed by atoms with Crippen molar-refractivity contribution in [1.82, 2.24) is 45.0 Å². The molecule has 0 saturated heterocycles. The number of aromatic nitrogens is 9. The maximum atomic E-state index is 5.55. The van der Waals surface area contributed by atoms with Crippen LogP contribution in [0.3, 0.4) is 0 Å². The first-order valence-corrected chi connectivity index (χ1v) is 5.66. The second-order valence-electron chi connectivity index (χ2n) is 4.05. The van der Waals surface area contributed by atoms with E-state index < -0.39 is 0 Å². The van der Waals surface area contributed by atoms with E-state index >= 15 is 0 Å². The standard InChI is InChI=1S/C9H11N11/c1-5-3-6(2)20(18-5)9-16-13-7(14-17-9)12-8-15-11-4-19(8)10/h3-4H,10H2,1-2H3,(H,12,13,14,15). The highest BCUT2D eigenvalue weighted by atomic mass is 15.5. The van der Waals surface area contributed by atoms with Crippen LogP contribution in [0.1, 0.15) is 11.4 Å². The van der Waals surface area contributed by atoms with E-state index in [1.54, 1.807) is 4.68 Å². The van der Waals surface area contributed by atoms with Crippen LogP contribution in [0.4, 0.5) is 11.9 Å². The van der Waals surface area contributed by atoms with Gasteiger partial charge in [0.2, 0.25) is 5.95 Å². The molecule has 0 amide bonds. The SMILES string of the molecule is Cc1cc(C)n(-c2nnc(Nc3nncn3N)nn2)n1. The molecule has 102 valence electrons. The van der Waals surface area contributed by atoms with Crippen molar-refractivity contribution in [2.45, 2.75) is 13.8 Å². The fourth-order valence-corrected chi connectivity index (χ4v) is 1.62. The van der Waals surface area contributed by atoms with Crippen LogP contribution >= 0.6 is 0 Å². The molecule has 0 saturated carbocycles. The van der Waals surface area contributed by atoms with Gasteiger partial charge in [-0.05, 0) is 19.9 Å². The summed E-state index contributed by atoms with van der Waals surface area (Å²) >= 11 is 0. The lowest BCUT2D eigenvalue weighted by atomic mass is 10.4. The minimum absolute atomic E-state index is 0.162. The first-order chi connectivity index (χ1) is 9.63. The highest BCUT2D eigenvalue weighted by Gasteiger charge is 2.09. The van der Waals surface area contributed by atoms with Crippen LogP contribution < -0.4 is 11.2 Å². The van der Waals surface area contributed by atoms with E-state index in [1.807, 2.05) is 19.9 Å². The average molecular weight is 273 g/mol. The van der Waals surface area contributed by atoms with E-state index in [1.165, 1.54) is 11.0 Å². The number of hydrogen-bond acceptors (Lipinski definition) is 9. The molecule has 20 heavy (non-hydrogen) atoms. The molecule has 3 heterocycles. The number of aryl methyl sites for hydroxylation is 2. The molecule has 3 rings (SSSR count). The first-order valence-electron chi connectivity index (χ1n) is 5.66. The summed E-state index contributed by atoms with van der Waals surface area (Å²) in [5.74, 6) is 6.28. The normalized spacial score (nSPS) is 10.7. The summed E-state index contributed by atoms with van der Waals surface area (Å²) in [6.07, 6.45) is 1.34. The number of nitrogens with two attached hydrogens (primary N) is 1. The molecule has 11 nitrogen and oxygen atoms in total. The van der Waals surface area contributed by atoms with Gasteiger partial charge < -0.3 is 5.84 Å². The van der Waals surface area contributed by atoms with E-state index in [2.05, 4.69) is 41.0 Å². The minimum atomic E-state index is 0.162. The molecule has 11 heteroatoms. The molecule has 3 N–H and O–H groups in total. The van der Waals surface area contributed by atoms with Crippen molar-refractivity contribution in [1.29, 1.82) is 0 Å². The molecule has 0 aliphatic heterocycles. The van der Waals surface area contributed by atoms with Crippen molar-refractivity contribution in [3.05, 3.63) is 23.8 Å². The minimum Gasteiger partial charge on any atom is -0.335 e. The zero-order valence-corrected chi connectivity index (χ0v) is 10.8. The number of hydrogen-bond donors (Lipinski definition) is 2. The smallest absolute Gasteiger partial charge is 0.289 e. The summed E-state index contributed by atoms with van der Waals surface area (Å²) < 4.78 is 2.75. The zero-order chi connectivity index (χ0) is 14.1. The number of nitrogens with zero attached hydrogens (tertiary/aromatic N) is 9. The molecule has 3 aromatic rings. The van der Waals surface area contributed by atoms with E-state index in [0.717, 1.165) is 11.4 Å². The van der Waals surface area contributed by atoms with E-state index in [0.29, 0.717) is 0 Å². The monoisotopic (exact) mass is 273 g/mol. The van der Waals surface area contributed by atoms with Crippen LogP contribution in [0.2, 0.25) is 0 Å².